The molecule has 0 radical (unpaired) electrons. The van der Waals surface area contributed by atoms with Crippen LogP contribution >= 0.6 is 0 Å². The lowest BCUT2D eigenvalue weighted by molar-refractivity contribution is -0.167. The Bertz CT molecular complexity index is 1040. The molecular formula is C62H120O6. The van der Waals surface area contributed by atoms with Crippen molar-refractivity contribution in [3.63, 3.8) is 0 Å². The fraction of sp³-hybridized carbons (Fsp3) is 0.952. The van der Waals surface area contributed by atoms with Gasteiger partial charge in [0, 0.05) is 19.3 Å². The Kier molecular flexibility index (Phi) is 53.5. The van der Waals surface area contributed by atoms with E-state index in [-0.39, 0.29) is 31.1 Å². The zero-order valence-corrected chi connectivity index (χ0v) is 46.7. The van der Waals surface area contributed by atoms with Crippen LogP contribution in [0.4, 0.5) is 0 Å². The summed E-state index contributed by atoms with van der Waals surface area (Å²) >= 11 is 0. The summed E-state index contributed by atoms with van der Waals surface area (Å²) in [4.78, 5) is 38.2. The van der Waals surface area contributed by atoms with Gasteiger partial charge in [-0.3, -0.25) is 14.4 Å². The first-order chi connectivity index (χ1) is 33.2. The van der Waals surface area contributed by atoms with Crippen LogP contribution in [0.15, 0.2) is 0 Å². The minimum Gasteiger partial charge on any atom is -0.462 e. The normalized spacial score (nSPS) is 12.0. The molecule has 0 fully saturated rings. The van der Waals surface area contributed by atoms with Crippen LogP contribution in [-0.4, -0.2) is 37.2 Å². The predicted molar refractivity (Wildman–Crippen MR) is 293 cm³/mol. The van der Waals surface area contributed by atoms with Crippen molar-refractivity contribution < 1.29 is 28.6 Å². The second-order valence-corrected chi connectivity index (χ2v) is 22.3. The number of carbonyl (C=O) groups excluding carboxylic acids is 3. The number of esters is 3. The van der Waals surface area contributed by atoms with Gasteiger partial charge in [0.25, 0.3) is 0 Å². The van der Waals surface area contributed by atoms with E-state index in [2.05, 4.69) is 34.6 Å². The molecule has 404 valence electrons. The average molecular weight is 962 g/mol. The van der Waals surface area contributed by atoms with Gasteiger partial charge in [-0.25, -0.2) is 0 Å². The monoisotopic (exact) mass is 961 g/mol. The van der Waals surface area contributed by atoms with E-state index in [1.165, 1.54) is 238 Å². The maximum Gasteiger partial charge on any atom is 0.306 e. The van der Waals surface area contributed by atoms with Crippen molar-refractivity contribution in [2.75, 3.05) is 13.2 Å². The molecule has 0 aromatic heterocycles. The molecule has 0 aliphatic carbocycles. The largest absolute Gasteiger partial charge is 0.462 e. The van der Waals surface area contributed by atoms with Crippen molar-refractivity contribution in [3.05, 3.63) is 0 Å². The minimum atomic E-state index is -0.763. The molecule has 0 aromatic rings. The van der Waals surface area contributed by atoms with Gasteiger partial charge in [0.1, 0.15) is 13.2 Å². The molecule has 0 heterocycles. The molecule has 0 saturated carbocycles. The van der Waals surface area contributed by atoms with E-state index < -0.39 is 6.10 Å². The maximum absolute atomic E-state index is 12.9. The van der Waals surface area contributed by atoms with Crippen molar-refractivity contribution in [1.29, 1.82) is 0 Å². The van der Waals surface area contributed by atoms with Gasteiger partial charge in [-0.05, 0) is 31.1 Å². The van der Waals surface area contributed by atoms with Crippen LogP contribution in [0.2, 0.25) is 0 Å². The Balaban J connectivity index is 4.29. The second kappa shape index (κ2) is 54.7. The molecule has 6 heteroatoms. The van der Waals surface area contributed by atoms with Gasteiger partial charge < -0.3 is 14.2 Å². The van der Waals surface area contributed by atoms with Crippen LogP contribution < -0.4 is 0 Å². The first-order valence-electron chi connectivity index (χ1n) is 30.7. The standard InChI is InChI=1S/C62H120O6/c1-6-7-8-9-10-11-12-13-14-15-16-17-21-27-32-37-42-47-52-60(63)66-55-59(56-67-61(64)53-48-43-38-33-28-24-23-26-31-36-41-46-51-58(4)5)68-62(65)54-49-44-39-34-29-22-19-18-20-25-30-35-40-45-50-57(2)3/h57-59H,6-56H2,1-5H3/t59-/m1/s1. The molecule has 0 rings (SSSR count). The Hall–Kier alpha value is -1.59. The van der Waals surface area contributed by atoms with Crippen LogP contribution in [0.3, 0.4) is 0 Å². The number of unbranched alkanes of at least 4 members (excludes halogenated alkanes) is 41. The van der Waals surface area contributed by atoms with E-state index in [4.69, 9.17) is 14.2 Å². The second-order valence-electron chi connectivity index (χ2n) is 22.3. The van der Waals surface area contributed by atoms with Crippen molar-refractivity contribution in [2.24, 2.45) is 11.8 Å². The van der Waals surface area contributed by atoms with E-state index in [0.29, 0.717) is 19.3 Å². The molecule has 0 bridgehead atoms. The van der Waals surface area contributed by atoms with Gasteiger partial charge in [-0.2, -0.15) is 0 Å². The van der Waals surface area contributed by atoms with Crippen LogP contribution in [0.1, 0.15) is 349 Å². The van der Waals surface area contributed by atoms with Crippen molar-refractivity contribution in [1.82, 2.24) is 0 Å². The lowest BCUT2D eigenvalue weighted by atomic mass is 10.0. The summed E-state index contributed by atoms with van der Waals surface area (Å²) in [7, 11) is 0. The van der Waals surface area contributed by atoms with E-state index >= 15 is 0 Å². The third-order valence-corrected chi connectivity index (χ3v) is 14.2. The number of carbonyl (C=O) groups is 3. The lowest BCUT2D eigenvalue weighted by Gasteiger charge is -2.18. The summed E-state index contributed by atoms with van der Waals surface area (Å²) in [6.45, 7) is 11.4. The third-order valence-electron chi connectivity index (χ3n) is 14.2. The highest BCUT2D eigenvalue weighted by Gasteiger charge is 2.19. The molecule has 0 N–H and O–H groups in total. The molecular weight excluding hydrogens is 841 g/mol. The first kappa shape index (κ1) is 66.4. The molecule has 6 nitrogen and oxygen atoms in total. The topological polar surface area (TPSA) is 78.9 Å². The molecule has 68 heavy (non-hydrogen) atoms. The maximum atomic E-state index is 12.9. The summed E-state index contributed by atoms with van der Waals surface area (Å²) in [5.74, 6) is 0.843. The highest BCUT2D eigenvalue weighted by atomic mass is 16.6. The number of hydrogen-bond acceptors (Lipinski definition) is 6. The van der Waals surface area contributed by atoms with E-state index in [1.54, 1.807) is 0 Å². The van der Waals surface area contributed by atoms with Gasteiger partial charge in [0.2, 0.25) is 0 Å². The smallest absolute Gasteiger partial charge is 0.306 e. The van der Waals surface area contributed by atoms with Gasteiger partial charge in [-0.1, -0.05) is 311 Å². The average Bonchev–Trinajstić information content (AvgIpc) is 3.31. The molecule has 0 unspecified atom stereocenters. The first-order valence-corrected chi connectivity index (χ1v) is 30.7. The van der Waals surface area contributed by atoms with Gasteiger partial charge in [-0.15, -0.1) is 0 Å². The van der Waals surface area contributed by atoms with E-state index in [0.717, 1.165) is 69.6 Å². The summed E-state index contributed by atoms with van der Waals surface area (Å²) in [5, 5.41) is 0. The zero-order chi connectivity index (χ0) is 49.6. The predicted octanol–water partition coefficient (Wildman–Crippen LogP) is 20.4. The zero-order valence-electron chi connectivity index (χ0n) is 46.7. The molecule has 0 aliphatic heterocycles. The molecule has 0 spiro atoms. The van der Waals surface area contributed by atoms with Crippen LogP contribution in [-0.2, 0) is 28.6 Å². The fourth-order valence-electron chi connectivity index (χ4n) is 9.58. The van der Waals surface area contributed by atoms with Crippen molar-refractivity contribution in [2.45, 2.75) is 355 Å². The molecule has 1 atom stereocenters. The number of ether oxygens (including phenoxy) is 3. The Morgan fingerprint density at radius 2 is 0.485 bits per heavy atom. The lowest BCUT2D eigenvalue weighted by Crippen LogP contribution is -2.30. The highest BCUT2D eigenvalue weighted by Crippen LogP contribution is 2.19. The number of hydrogen-bond donors (Lipinski definition) is 0. The number of rotatable bonds is 56. The van der Waals surface area contributed by atoms with Crippen LogP contribution in [0.5, 0.6) is 0 Å². The quantitative estimate of drug-likeness (QED) is 0.0343. The highest BCUT2D eigenvalue weighted by molar-refractivity contribution is 5.71. The van der Waals surface area contributed by atoms with Crippen LogP contribution in [0, 0.1) is 11.8 Å². The van der Waals surface area contributed by atoms with Gasteiger partial charge >= 0.3 is 17.9 Å². The van der Waals surface area contributed by atoms with Crippen molar-refractivity contribution in [3.8, 4) is 0 Å². The van der Waals surface area contributed by atoms with E-state index in [1.807, 2.05) is 0 Å². The fourth-order valence-corrected chi connectivity index (χ4v) is 9.58. The summed E-state index contributed by atoms with van der Waals surface area (Å²) in [6.07, 6.45) is 59.5. The van der Waals surface area contributed by atoms with E-state index in [9.17, 15) is 14.4 Å². The molecule has 0 aliphatic rings. The Morgan fingerprint density at radius 3 is 0.721 bits per heavy atom. The van der Waals surface area contributed by atoms with Gasteiger partial charge in [0.15, 0.2) is 6.10 Å². The molecule has 0 saturated heterocycles. The SMILES string of the molecule is CCCCCCCCCCCCCCCCCCCCC(=O)OC[C@H](COC(=O)CCCCCCCCCCCCCCC(C)C)OC(=O)CCCCCCCCCCCCCCCCC(C)C. The molecule has 0 amide bonds. The summed E-state index contributed by atoms with van der Waals surface area (Å²) in [6, 6.07) is 0. The third kappa shape index (κ3) is 55.3. The Labute approximate surface area is 425 Å². The van der Waals surface area contributed by atoms with Crippen LogP contribution in [0.25, 0.3) is 0 Å². The van der Waals surface area contributed by atoms with Gasteiger partial charge in [0.05, 0.1) is 0 Å². The molecule has 0 aromatic carbocycles. The summed E-state index contributed by atoms with van der Waals surface area (Å²) < 4.78 is 16.9. The summed E-state index contributed by atoms with van der Waals surface area (Å²) in [5.41, 5.74) is 0. The Morgan fingerprint density at radius 1 is 0.279 bits per heavy atom. The van der Waals surface area contributed by atoms with Crippen molar-refractivity contribution >= 4 is 17.9 Å². The minimum absolute atomic E-state index is 0.0622.